The summed E-state index contributed by atoms with van der Waals surface area (Å²) in [6.07, 6.45) is 3.83. The molecule has 144 valence electrons. The molecule has 6 heteroatoms. The van der Waals surface area contributed by atoms with Crippen LogP contribution >= 0.6 is 0 Å². The minimum Gasteiger partial charge on any atom is -0.446 e. The van der Waals surface area contributed by atoms with E-state index in [-0.39, 0.29) is 18.5 Å². The van der Waals surface area contributed by atoms with Crippen LogP contribution in [0.3, 0.4) is 0 Å². The van der Waals surface area contributed by atoms with Gasteiger partial charge in [-0.1, -0.05) is 60.7 Å². The summed E-state index contributed by atoms with van der Waals surface area (Å²) in [4.78, 5) is 36.5. The van der Waals surface area contributed by atoms with Crippen LogP contribution < -0.4 is 10.6 Å². The van der Waals surface area contributed by atoms with Crippen molar-refractivity contribution in [3.8, 4) is 0 Å². The van der Waals surface area contributed by atoms with Crippen molar-refractivity contribution in [3.63, 3.8) is 0 Å². The van der Waals surface area contributed by atoms with Gasteiger partial charge in [0.1, 0.15) is 6.54 Å². The highest BCUT2D eigenvalue weighted by molar-refractivity contribution is 5.94. The highest BCUT2D eigenvalue weighted by Crippen LogP contribution is 2.23. The van der Waals surface area contributed by atoms with Gasteiger partial charge in [0.25, 0.3) is 5.91 Å². The lowest BCUT2D eigenvalue weighted by Crippen LogP contribution is -2.36. The topological polar surface area (TPSA) is 84.5 Å². The van der Waals surface area contributed by atoms with Crippen LogP contribution in [0.5, 0.6) is 0 Å². The fourth-order valence-electron chi connectivity index (χ4n) is 2.53. The Balaban J connectivity index is 1.53. The smallest absolute Gasteiger partial charge is 0.326 e. The van der Waals surface area contributed by atoms with Crippen LogP contribution in [-0.2, 0) is 19.1 Å². The number of carbonyl (C=O) groups is 3. The van der Waals surface area contributed by atoms with Gasteiger partial charge in [0.05, 0.1) is 0 Å². The molecule has 0 aromatic heterocycles. The molecule has 6 nitrogen and oxygen atoms in total. The molecule has 0 bridgehead atoms. The molecule has 0 radical (unpaired) electrons. The second-order valence-electron chi connectivity index (χ2n) is 6.53. The minimum atomic E-state index is -1.04. The predicted molar refractivity (Wildman–Crippen MR) is 105 cm³/mol. The molecule has 3 rings (SSSR count). The summed E-state index contributed by atoms with van der Waals surface area (Å²) in [5.74, 6) is -1.45. The summed E-state index contributed by atoms with van der Waals surface area (Å²) in [6, 6.07) is 18.3. The predicted octanol–water partition coefficient (Wildman–Crippen LogP) is 2.38. The molecular weight excluding hydrogens is 356 g/mol. The standard InChI is InChI=1S/C22H22N2O4/c25-19(14-11-16-7-3-1-4-8-16)23-15-20(26)28-21(17-9-5-2-6-10-17)22(27)24-18-12-13-18/h1-11,14,18,21H,12-13,15H2,(H,23,25)(H,24,27)/b14-11+/t21-/m0/s1. The van der Waals surface area contributed by atoms with E-state index in [1.807, 2.05) is 36.4 Å². The van der Waals surface area contributed by atoms with E-state index in [9.17, 15) is 14.4 Å². The van der Waals surface area contributed by atoms with Gasteiger partial charge >= 0.3 is 5.97 Å². The van der Waals surface area contributed by atoms with Gasteiger partial charge in [-0.25, -0.2) is 0 Å². The van der Waals surface area contributed by atoms with Gasteiger partial charge in [0, 0.05) is 17.7 Å². The molecule has 0 aliphatic heterocycles. The van der Waals surface area contributed by atoms with Crippen molar-refractivity contribution in [2.24, 2.45) is 0 Å². The molecule has 2 aromatic carbocycles. The molecular formula is C22H22N2O4. The molecule has 0 saturated heterocycles. The zero-order chi connectivity index (χ0) is 19.8. The van der Waals surface area contributed by atoms with Gasteiger partial charge in [-0.05, 0) is 24.5 Å². The van der Waals surface area contributed by atoms with Crippen LogP contribution in [-0.4, -0.2) is 30.4 Å². The number of ether oxygens (including phenoxy) is 1. The Morgan fingerprint density at radius 1 is 1.00 bits per heavy atom. The molecule has 2 aromatic rings. The maximum atomic E-state index is 12.4. The number of hydrogen-bond acceptors (Lipinski definition) is 4. The van der Waals surface area contributed by atoms with E-state index >= 15 is 0 Å². The normalized spacial score (nSPS) is 14.3. The van der Waals surface area contributed by atoms with Gasteiger partial charge in [-0.15, -0.1) is 0 Å². The van der Waals surface area contributed by atoms with E-state index in [1.165, 1.54) is 6.08 Å². The van der Waals surface area contributed by atoms with Crippen LogP contribution in [0.4, 0.5) is 0 Å². The van der Waals surface area contributed by atoms with E-state index < -0.39 is 18.0 Å². The first-order valence-corrected chi connectivity index (χ1v) is 9.17. The molecule has 1 atom stereocenters. The average molecular weight is 378 g/mol. The van der Waals surface area contributed by atoms with Crippen molar-refractivity contribution in [2.75, 3.05) is 6.54 Å². The van der Waals surface area contributed by atoms with Crippen molar-refractivity contribution in [1.82, 2.24) is 10.6 Å². The second-order valence-corrected chi connectivity index (χ2v) is 6.53. The highest BCUT2D eigenvalue weighted by Gasteiger charge is 2.30. The Labute approximate surface area is 163 Å². The lowest BCUT2D eigenvalue weighted by molar-refractivity contribution is -0.156. The van der Waals surface area contributed by atoms with Crippen molar-refractivity contribution < 1.29 is 19.1 Å². The van der Waals surface area contributed by atoms with Crippen LogP contribution in [0.1, 0.15) is 30.1 Å². The molecule has 28 heavy (non-hydrogen) atoms. The third-order valence-electron chi connectivity index (χ3n) is 4.15. The average Bonchev–Trinajstić information content (AvgIpc) is 3.54. The first-order valence-electron chi connectivity index (χ1n) is 9.17. The largest absolute Gasteiger partial charge is 0.446 e. The molecule has 1 fully saturated rings. The Kier molecular flexibility index (Phi) is 6.57. The van der Waals surface area contributed by atoms with E-state index in [2.05, 4.69) is 10.6 Å². The summed E-state index contributed by atoms with van der Waals surface area (Å²) < 4.78 is 5.35. The van der Waals surface area contributed by atoms with Crippen LogP contribution in [0.2, 0.25) is 0 Å². The number of esters is 1. The van der Waals surface area contributed by atoms with Crippen LogP contribution in [0.15, 0.2) is 66.7 Å². The van der Waals surface area contributed by atoms with E-state index in [4.69, 9.17) is 4.74 Å². The fraction of sp³-hybridized carbons (Fsp3) is 0.227. The second kappa shape index (κ2) is 9.50. The summed E-state index contributed by atoms with van der Waals surface area (Å²) >= 11 is 0. The zero-order valence-corrected chi connectivity index (χ0v) is 15.3. The van der Waals surface area contributed by atoms with Gasteiger partial charge in [-0.3, -0.25) is 14.4 Å². The first-order chi connectivity index (χ1) is 13.6. The minimum absolute atomic E-state index is 0.153. The quantitative estimate of drug-likeness (QED) is 0.546. The monoisotopic (exact) mass is 378 g/mol. The van der Waals surface area contributed by atoms with Gasteiger partial charge in [0.15, 0.2) is 0 Å². The van der Waals surface area contributed by atoms with Gasteiger partial charge < -0.3 is 15.4 Å². The Morgan fingerprint density at radius 3 is 2.29 bits per heavy atom. The highest BCUT2D eigenvalue weighted by atomic mass is 16.5. The first kappa shape index (κ1) is 19.4. The Bertz CT molecular complexity index is 845. The maximum absolute atomic E-state index is 12.4. The van der Waals surface area contributed by atoms with Gasteiger partial charge in [-0.2, -0.15) is 0 Å². The number of nitrogens with one attached hydrogen (secondary N) is 2. The zero-order valence-electron chi connectivity index (χ0n) is 15.3. The molecule has 1 aliphatic rings. The molecule has 1 aliphatic carbocycles. The number of hydrogen-bond donors (Lipinski definition) is 2. The van der Waals surface area contributed by atoms with Crippen LogP contribution in [0.25, 0.3) is 6.08 Å². The summed E-state index contributed by atoms with van der Waals surface area (Å²) in [7, 11) is 0. The summed E-state index contributed by atoms with van der Waals surface area (Å²) in [5, 5.41) is 5.32. The van der Waals surface area contributed by atoms with Crippen molar-refractivity contribution in [2.45, 2.75) is 25.0 Å². The van der Waals surface area contributed by atoms with Crippen molar-refractivity contribution >= 4 is 23.9 Å². The molecule has 2 N–H and O–H groups in total. The molecule has 0 spiro atoms. The number of rotatable bonds is 8. The van der Waals surface area contributed by atoms with E-state index in [0.717, 1.165) is 18.4 Å². The lowest BCUT2D eigenvalue weighted by Gasteiger charge is -2.18. The lowest BCUT2D eigenvalue weighted by atomic mass is 10.1. The van der Waals surface area contributed by atoms with Gasteiger partial charge in [0.2, 0.25) is 12.0 Å². The number of benzene rings is 2. The molecule has 1 saturated carbocycles. The number of carbonyl (C=O) groups excluding carboxylic acids is 3. The molecule has 0 unspecified atom stereocenters. The number of amides is 2. The van der Waals surface area contributed by atoms with Crippen molar-refractivity contribution in [3.05, 3.63) is 77.9 Å². The third-order valence-corrected chi connectivity index (χ3v) is 4.15. The maximum Gasteiger partial charge on any atom is 0.326 e. The Hall–Kier alpha value is -3.41. The van der Waals surface area contributed by atoms with E-state index in [0.29, 0.717) is 5.56 Å². The summed E-state index contributed by atoms with van der Waals surface area (Å²) in [5.41, 5.74) is 1.46. The molecule has 0 heterocycles. The molecule has 2 amide bonds. The van der Waals surface area contributed by atoms with E-state index in [1.54, 1.807) is 30.3 Å². The SMILES string of the molecule is O=C(/C=C/c1ccccc1)NCC(=O)O[C@H](C(=O)NC1CC1)c1ccccc1. The fourth-order valence-corrected chi connectivity index (χ4v) is 2.53. The summed E-state index contributed by atoms with van der Waals surface area (Å²) in [6.45, 7) is -0.321. The van der Waals surface area contributed by atoms with Crippen LogP contribution in [0, 0.1) is 0 Å². The third kappa shape index (κ3) is 6.09. The van der Waals surface area contributed by atoms with Crippen molar-refractivity contribution in [1.29, 1.82) is 0 Å². The Morgan fingerprint density at radius 2 is 1.64 bits per heavy atom.